The van der Waals surface area contributed by atoms with Crippen LogP contribution in [0.2, 0.25) is 0 Å². The predicted molar refractivity (Wildman–Crippen MR) is 175 cm³/mol. The van der Waals surface area contributed by atoms with Crippen LogP contribution in [-0.2, 0) is 9.47 Å². The van der Waals surface area contributed by atoms with E-state index in [1.54, 1.807) is 13.8 Å². The molecule has 0 aliphatic heterocycles. The Morgan fingerprint density at radius 3 is 1.18 bits per heavy atom. The van der Waals surface area contributed by atoms with E-state index in [-0.39, 0.29) is 0 Å². The zero-order chi connectivity index (χ0) is 31.8. The molecule has 0 spiro atoms. The first-order chi connectivity index (χ1) is 21.4. The summed E-state index contributed by atoms with van der Waals surface area (Å²) in [4.78, 5) is 22.7. The van der Waals surface area contributed by atoms with Crippen LogP contribution in [0.3, 0.4) is 0 Å². The molecule has 2 rings (SSSR count). The van der Waals surface area contributed by atoms with Gasteiger partial charge in [-0.15, -0.1) is 0 Å². The molecule has 0 heterocycles. The van der Waals surface area contributed by atoms with Crippen molar-refractivity contribution in [2.24, 2.45) is 10.2 Å². The minimum atomic E-state index is -0.559. The highest BCUT2D eigenvalue weighted by molar-refractivity contribution is 5.99. The van der Waals surface area contributed by atoms with Gasteiger partial charge >= 0.3 is 12.2 Å². The number of benzene rings is 2. The molecule has 10 nitrogen and oxygen atoms in total. The van der Waals surface area contributed by atoms with E-state index in [4.69, 9.17) is 18.9 Å². The van der Waals surface area contributed by atoms with Crippen molar-refractivity contribution in [3.05, 3.63) is 59.7 Å². The molecule has 2 aromatic rings. The number of rotatable bonds is 21. The topological polar surface area (TPSA) is 120 Å². The van der Waals surface area contributed by atoms with Crippen molar-refractivity contribution in [3.63, 3.8) is 0 Å². The molecule has 0 saturated carbocycles. The fourth-order valence-electron chi connectivity index (χ4n) is 4.30. The summed E-state index contributed by atoms with van der Waals surface area (Å²) >= 11 is 0. The molecule has 10 heteroatoms. The van der Waals surface area contributed by atoms with E-state index in [0.29, 0.717) is 37.9 Å². The number of amides is 2. The fourth-order valence-corrected chi connectivity index (χ4v) is 4.30. The Bertz CT molecular complexity index is 1060. The smallest absolute Gasteiger partial charge is 0.427 e. The maximum absolute atomic E-state index is 11.4. The highest BCUT2D eigenvalue weighted by atomic mass is 16.6. The molecule has 2 N–H and O–H groups in total. The summed E-state index contributed by atoms with van der Waals surface area (Å²) in [5.74, 6) is 1.68. The molecule has 0 unspecified atom stereocenters. The van der Waals surface area contributed by atoms with Gasteiger partial charge in [0, 0.05) is 0 Å². The third-order valence-corrected chi connectivity index (χ3v) is 6.80. The highest BCUT2D eigenvalue weighted by Gasteiger charge is 2.04. The monoisotopic (exact) mass is 610 g/mol. The van der Waals surface area contributed by atoms with Gasteiger partial charge in [-0.3, -0.25) is 0 Å². The van der Waals surface area contributed by atoms with Crippen molar-refractivity contribution >= 4 is 23.6 Å². The van der Waals surface area contributed by atoms with E-state index >= 15 is 0 Å². The molecule has 0 atom stereocenters. The summed E-state index contributed by atoms with van der Waals surface area (Å²) < 4.78 is 21.3. The third-order valence-electron chi connectivity index (χ3n) is 6.80. The first-order valence-electron chi connectivity index (χ1n) is 15.8. The average molecular weight is 611 g/mol. The molecule has 0 radical (unpaired) electrons. The molecule has 0 saturated heterocycles. The summed E-state index contributed by atoms with van der Waals surface area (Å²) in [7, 11) is 0. The van der Waals surface area contributed by atoms with Gasteiger partial charge in [-0.05, 0) is 100 Å². The average Bonchev–Trinajstić information content (AvgIpc) is 3.03. The molecule has 0 aliphatic carbocycles. The molecule has 0 aromatic heterocycles. The van der Waals surface area contributed by atoms with Gasteiger partial charge < -0.3 is 18.9 Å². The minimum absolute atomic E-state index is 0.308. The number of ether oxygens (including phenoxy) is 4. The van der Waals surface area contributed by atoms with Crippen LogP contribution in [0.1, 0.15) is 103 Å². The zero-order valence-corrected chi connectivity index (χ0v) is 26.9. The van der Waals surface area contributed by atoms with E-state index in [0.717, 1.165) is 35.5 Å². The lowest BCUT2D eigenvalue weighted by Crippen LogP contribution is -2.20. The summed E-state index contributed by atoms with van der Waals surface area (Å²) in [5, 5.41) is 8.08. The molecule has 44 heavy (non-hydrogen) atoms. The molecular weight excluding hydrogens is 560 g/mol. The van der Waals surface area contributed by atoms with Gasteiger partial charge in [0.1, 0.15) is 11.5 Å². The van der Waals surface area contributed by atoms with Crippen LogP contribution in [0.25, 0.3) is 0 Å². The van der Waals surface area contributed by atoms with E-state index in [1.807, 2.05) is 62.4 Å². The largest absolute Gasteiger partial charge is 0.494 e. The van der Waals surface area contributed by atoms with E-state index < -0.39 is 12.2 Å². The molecule has 2 aromatic carbocycles. The number of hydrogen-bond acceptors (Lipinski definition) is 8. The predicted octanol–water partition coefficient (Wildman–Crippen LogP) is 7.99. The first-order valence-corrected chi connectivity index (χ1v) is 15.8. The van der Waals surface area contributed by atoms with Gasteiger partial charge in [-0.25, -0.2) is 20.4 Å². The summed E-state index contributed by atoms with van der Waals surface area (Å²) in [6, 6.07) is 15.4. The van der Waals surface area contributed by atoms with E-state index in [1.165, 1.54) is 51.4 Å². The van der Waals surface area contributed by atoms with Gasteiger partial charge in [0.15, 0.2) is 0 Å². The van der Waals surface area contributed by atoms with Crippen LogP contribution in [0.5, 0.6) is 11.5 Å². The maximum atomic E-state index is 11.4. The van der Waals surface area contributed by atoms with Crippen LogP contribution >= 0.6 is 0 Å². The fraction of sp³-hybridized carbons (Fsp3) is 0.529. The maximum Gasteiger partial charge on any atom is 0.427 e. The van der Waals surface area contributed by atoms with Crippen LogP contribution in [-0.4, -0.2) is 50.0 Å². The van der Waals surface area contributed by atoms with Gasteiger partial charge in [0.05, 0.1) is 37.9 Å². The number of nitrogens with zero attached hydrogens (tertiary/aromatic N) is 2. The normalized spacial score (nSPS) is 11.5. The molecule has 2 amide bonds. The highest BCUT2D eigenvalue weighted by Crippen LogP contribution is 2.16. The van der Waals surface area contributed by atoms with Crippen molar-refractivity contribution in [2.45, 2.75) is 91.9 Å². The lowest BCUT2D eigenvalue weighted by Gasteiger charge is -2.08. The Morgan fingerprint density at radius 1 is 0.545 bits per heavy atom. The second-order valence-corrected chi connectivity index (χ2v) is 10.3. The van der Waals surface area contributed by atoms with Crippen molar-refractivity contribution < 1.29 is 28.5 Å². The van der Waals surface area contributed by atoms with Gasteiger partial charge in [-0.1, -0.05) is 51.4 Å². The molecular formula is C34H50N4O6. The molecule has 0 aliphatic rings. The Kier molecular flexibility index (Phi) is 18.4. The third kappa shape index (κ3) is 16.0. The molecule has 0 bridgehead atoms. The second-order valence-electron chi connectivity index (χ2n) is 10.3. The first kappa shape index (κ1) is 36.1. The van der Waals surface area contributed by atoms with Gasteiger partial charge in [0.25, 0.3) is 0 Å². The number of hydrazone groups is 2. The number of carbonyl (C=O) groups is 2. The number of carbonyl (C=O) groups excluding carboxylic acids is 2. The van der Waals surface area contributed by atoms with Crippen molar-refractivity contribution in [1.29, 1.82) is 0 Å². The minimum Gasteiger partial charge on any atom is -0.494 e. The number of nitrogens with one attached hydrogen (secondary N) is 2. The lowest BCUT2D eigenvalue weighted by molar-refractivity contribution is 0.151. The number of unbranched alkanes of at least 4 members (excludes halogenated alkanes) is 9. The second kappa shape index (κ2) is 22.5. The molecule has 242 valence electrons. The van der Waals surface area contributed by atoms with Crippen LogP contribution < -0.4 is 20.3 Å². The van der Waals surface area contributed by atoms with Crippen molar-refractivity contribution in [3.8, 4) is 11.5 Å². The van der Waals surface area contributed by atoms with Crippen LogP contribution in [0.4, 0.5) is 9.59 Å². The van der Waals surface area contributed by atoms with E-state index in [2.05, 4.69) is 21.1 Å². The summed E-state index contributed by atoms with van der Waals surface area (Å²) in [5.41, 5.74) is 7.96. The SMILES string of the molecule is CCOC(=O)N/N=C(/C)c1ccc(OCCCCCCCCCCCCOc2ccc(/C(C)=N/NC(=O)OCC)cc2)cc1. The quantitative estimate of drug-likeness (QED) is 0.0840. The summed E-state index contributed by atoms with van der Waals surface area (Å²) in [6.07, 6.45) is 10.9. The standard InChI is InChI=1S/C34H50N4O6/c1-5-41-33(39)37-35-27(3)29-17-21-31(22-18-29)43-25-15-13-11-9-7-8-10-12-14-16-26-44-32-23-19-30(20-24-32)28(4)36-38-34(40)42-6-2/h17-24H,5-16,25-26H2,1-4H3,(H,37,39)(H,38,40)/b35-27-,36-28+. The Morgan fingerprint density at radius 2 is 0.864 bits per heavy atom. The van der Waals surface area contributed by atoms with Gasteiger partial charge in [0.2, 0.25) is 0 Å². The lowest BCUT2D eigenvalue weighted by atomic mass is 10.1. The Balaban J connectivity index is 1.43. The van der Waals surface area contributed by atoms with Crippen molar-refractivity contribution in [1.82, 2.24) is 10.9 Å². The molecule has 0 fully saturated rings. The Labute approximate surface area is 262 Å². The number of hydrogen-bond donors (Lipinski definition) is 2. The zero-order valence-electron chi connectivity index (χ0n) is 26.9. The van der Waals surface area contributed by atoms with Crippen LogP contribution in [0.15, 0.2) is 58.7 Å². The summed E-state index contributed by atoms with van der Waals surface area (Å²) in [6.45, 7) is 9.20. The van der Waals surface area contributed by atoms with Crippen molar-refractivity contribution in [2.75, 3.05) is 26.4 Å². The van der Waals surface area contributed by atoms with E-state index in [9.17, 15) is 9.59 Å². The van der Waals surface area contributed by atoms with Gasteiger partial charge in [-0.2, -0.15) is 10.2 Å². The Hall–Kier alpha value is -4.08. The van der Waals surface area contributed by atoms with Crippen LogP contribution in [0, 0.1) is 0 Å².